The summed E-state index contributed by atoms with van der Waals surface area (Å²) in [5.41, 5.74) is 2.64. The molecule has 1 aromatic heterocycles. The second-order valence-corrected chi connectivity index (χ2v) is 7.08. The van der Waals surface area contributed by atoms with Crippen LogP contribution in [-0.4, -0.2) is 26.1 Å². The van der Waals surface area contributed by atoms with Gasteiger partial charge in [-0.05, 0) is 25.5 Å². The average molecular weight is 336 g/mol. The van der Waals surface area contributed by atoms with E-state index in [1.165, 1.54) is 17.7 Å². The Morgan fingerprint density at radius 3 is 2.39 bits per heavy atom. The quantitative estimate of drug-likeness (QED) is 0.846. The molecule has 7 heteroatoms. The van der Waals surface area contributed by atoms with Gasteiger partial charge in [-0.2, -0.15) is 0 Å². The maximum Gasteiger partial charge on any atom is 0.354 e. The van der Waals surface area contributed by atoms with Gasteiger partial charge in [0.2, 0.25) is 10.0 Å². The summed E-state index contributed by atoms with van der Waals surface area (Å²) in [7, 11) is -0.837. The fourth-order valence-electron chi connectivity index (χ4n) is 2.21. The highest BCUT2D eigenvalue weighted by Crippen LogP contribution is 2.20. The second-order valence-electron chi connectivity index (χ2n) is 5.34. The third kappa shape index (κ3) is 3.62. The molecule has 23 heavy (non-hydrogen) atoms. The molecule has 0 aliphatic rings. The Kier molecular flexibility index (Phi) is 4.91. The van der Waals surface area contributed by atoms with Crippen molar-refractivity contribution in [2.75, 3.05) is 7.11 Å². The summed E-state index contributed by atoms with van der Waals surface area (Å²) >= 11 is 0. The summed E-state index contributed by atoms with van der Waals surface area (Å²) in [6.07, 6.45) is 0. The molecule has 0 bridgehead atoms. The molecule has 1 heterocycles. The highest BCUT2D eigenvalue weighted by Gasteiger charge is 2.24. The molecular weight excluding hydrogens is 316 g/mol. The summed E-state index contributed by atoms with van der Waals surface area (Å²) in [6, 6.07) is 8.92. The zero-order valence-corrected chi connectivity index (χ0v) is 14.4. The normalized spacial score (nSPS) is 11.5. The van der Waals surface area contributed by atoms with Crippen molar-refractivity contribution in [3.05, 3.63) is 52.8 Å². The largest absolute Gasteiger partial charge is 0.464 e. The fraction of sp³-hybridized carbons (Fsp3) is 0.312. The summed E-state index contributed by atoms with van der Waals surface area (Å²) in [5.74, 6) is -0.574. The molecule has 2 aromatic rings. The maximum absolute atomic E-state index is 12.5. The number of carbonyl (C=O) groups excluding carboxylic acids is 1. The number of methoxy groups -OCH3 is 1. The third-order valence-electron chi connectivity index (χ3n) is 3.76. The van der Waals surface area contributed by atoms with Gasteiger partial charge in [-0.25, -0.2) is 17.9 Å². The zero-order chi connectivity index (χ0) is 17.2. The van der Waals surface area contributed by atoms with Gasteiger partial charge in [0, 0.05) is 19.3 Å². The molecule has 0 amide bonds. The van der Waals surface area contributed by atoms with Crippen LogP contribution in [0, 0.1) is 13.8 Å². The number of hydrogen-bond donors (Lipinski definition) is 1. The van der Waals surface area contributed by atoms with E-state index in [2.05, 4.69) is 9.46 Å². The van der Waals surface area contributed by atoms with Crippen LogP contribution < -0.4 is 4.72 Å². The first-order valence-corrected chi connectivity index (χ1v) is 8.54. The SMILES string of the molecule is COC(=O)c1cc(S(=O)(=O)NCc2ccc(C)cc2)c(C)n1C. The van der Waals surface area contributed by atoms with E-state index in [0.29, 0.717) is 5.69 Å². The third-order valence-corrected chi connectivity index (χ3v) is 5.28. The van der Waals surface area contributed by atoms with E-state index in [4.69, 9.17) is 0 Å². The van der Waals surface area contributed by atoms with Crippen molar-refractivity contribution < 1.29 is 17.9 Å². The lowest BCUT2D eigenvalue weighted by Gasteiger charge is -2.07. The van der Waals surface area contributed by atoms with Crippen LogP contribution in [0.5, 0.6) is 0 Å². The van der Waals surface area contributed by atoms with E-state index < -0.39 is 16.0 Å². The van der Waals surface area contributed by atoms with E-state index >= 15 is 0 Å². The van der Waals surface area contributed by atoms with Gasteiger partial charge in [-0.15, -0.1) is 0 Å². The lowest BCUT2D eigenvalue weighted by Crippen LogP contribution is -2.23. The van der Waals surface area contributed by atoms with Gasteiger partial charge in [-0.1, -0.05) is 29.8 Å². The highest BCUT2D eigenvalue weighted by atomic mass is 32.2. The van der Waals surface area contributed by atoms with Crippen LogP contribution in [-0.2, 0) is 28.4 Å². The Morgan fingerprint density at radius 1 is 1.22 bits per heavy atom. The molecule has 0 saturated carbocycles. The molecule has 124 valence electrons. The standard InChI is InChI=1S/C16H20N2O4S/c1-11-5-7-13(8-6-11)10-17-23(20,21)15-9-14(16(19)22-4)18(3)12(15)2/h5-9,17H,10H2,1-4H3. The van der Waals surface area contributed by atoms with E-state index in [9.17, 15) is 13.2 Å². The number of hydrogen-bond acceptors (Lipinski definition) is 4. The minimum atomic E-state index is -3.72. The van der Waals surface area contributed by atoms with Gasteiger partial charge in [0.25, 0.3) is 0 Å². The summed E-state index contributed by atoms with van der Waals surface area (Å²) < 4.78 is 33.7. The highest BCUT2D eigenvalue weighted by molar-refractivity contribution is 7.89. The van der Waals surface area contributed by atoms with Gasteiger partial charge in [0.05, 0.1) is 7.11 Å². The molecule has 0 aliphatic carbocycles. The number of nitrogens with zero attached hydrogens (tertiary/aromatic N) is 1. The van der Waals surface area contributed by atoms with Crippen molar-refractivity contribution in [3.63, 3.8) is 0 Å². The van der Waals surface area contributed by atoms with Crippen LogP contribution in [0.2, 0.25) is 0 Å². The molecule has 0 fully saturated rings. The molecule has 0 saturated heterocycles. The number of nitrogens with one attached hydrogen (secondary N) is 1. The Balaban J connectivity index is 2.26. The van der Waals surface area contributed by atoms with Crippen LogP contribution in [0.4, 0.5) is 0 Å². The molecule has 6 nitrogen and oxygen atoms in total. The van der Waals surface area contributed by atoms with Crippen molar-refractivity contribution in [1.82, 2.24) is 9.29 Å². The summed E-state index contributed by atoms with van der Waals surface area (Å²) in [4.78, 5) is 11.8. The van der Waals surface area contributed by atoms with Crippen LogP contribution in [0.1, 0.15) is 27.3 Å². The number of aromatic nitrogens is 1. The van der Waals surface area contributed by atoms with Gasteiger partial charge in [0.15, 0.2) is 0 Å². The number of rotatable bonds is 5. The Hall–Kier alpha value is -2.12. The predicted octanol–water partition coefficient (Wildman–Crippen LogP) is 1.91. The van der Waals surface area contributed by atoms with Crippen LogP contribution in [0.3, 0.4) is 0 Å². The fourth-order valence-corrected chi connectivity index (χ4v) is 3.51. The predicted molar refractivity (Wildman–Crippen MR) is 86.7 cm³/mol. The molecule has 1 N–H and O–H groups in total. The smallest absolute Gasteiger partial charge is 0.354 e. The first-order valence-electron chi connectivity index (χ1n) is 7.06. The Morgan fingerprint density at radius 2 is 1.83 bits per heavy atom. The number of benzene rings is 1. The molecule has 2 rings (SSSR count). The molecule has 0 spiro atoms. The monoisotopic (exact) mass is 336 g/mol. The van der Waals surface area contributed by atoms with E-state index in [-0.39, 0.29) is 17.1 Å². The van der Waals surface area contributed by atoms with Gasteiger partial charge >= 0.3 is 5.97 Å². The number of carbonyl (C=O) groups is 1. The zero-order valence-electron chi connectivity index (χ0n) is 13.6. The van der Waals surface area contributed by atoms with Gasteiger partial charge in [0.1, 0.15) is 10.6 Å². The number of aryl methyl sites for hydroxylation is 1. The molecule has 0 radical (unpaired) electrons. The first kappa shape index (κ1) is 17.2. The maximum atomic E-state index is 12.5. The van der Waals surface area contributed by atoms with Crippen LogP contribution in [0.25, 0.3) is 0 Å². The van der Waals surface area contributed by atoms with Crippen molar-refractivity contribution in [3.8, 4) is 0 Å². The molecule has 0 aliphatic heterocycles. The van der Waals surface area contributed by atoms with Crippen LogP contribution >= 0.6 is 0 Å². The second kappa shape index (κ2) is 6.55. The number of ether oxygens (including phenoxy) is 1. The lowest BCUT2D eigenvalue weighted by atomic mass is 10.2. The van der Waals surface area contributed by atoms with Crippen molar-refractivity contribution in [1.29, 1.82) is 0 Å². The minimum Gasteiger partial charge on any atom is -0.464 e. The average Bonchev–Trinajstić information content (AvgIpc) is 2.83. The van der Waals surface area contributed by atoms with E-state index in [1.54, 1.807) is 14.0 Å². The number of esters is 1. The number of sulfonamides is 1. The molecule has 0 atom stereocenters. The molecule has 0 unspecified atom stereocenters. The van der Waals surface area contributed by atoms with Gasteiger partial charge in [-0.3, -0.25) is 0 Å². The van der Waals surface area contributed by atoms with Crippen molar-refractivity contribution in [2.45, 2.75) is 25.3 Å². The summed E-state index contributed by atoms with van der Waals surface area (Å²) in [5, 5.41) is 0. The van der Waals surface area contributed by atoms with E-state index in [1.807, 2.05) is 31.2 Å². The topological polar surface area (TPSA) is 77.4 Å². The first-order chi connectivity index (χ1) is 10.8. The summed E-state index contributed by atoms with van der Waals surface area (Å²) in [6.45, 7) is 3.80. The van der Waals surface area contributed by atoms with E-state index in [0.717, 1.165) is 11.1 Å². The molecular formula is C16H20N2O4S. The Labute approximate surface area is 136 Å². The van der Waals surface area contributed by atoms with Gasteiger partial charge < -0.3 is 9.30 Å². The minimum absolute atomic E-state index is 0.0764. The van der Waals surface area contributed by atoms with Crippen LogP contribution in [0.15, 0.2) is 35.2 Å². The molecule has 1 aromatic carbocycles. The Bertz CT molecular complexity index is 821. The van der Waals surface area contributed by atoms with Crippen molar-refractivity contribution >= 4 is 16.0 Å². The van der Waals surface area contributed by atoms with Crippen molar-refractivity contribution in [2.24, 2.45) is 7.05 Å². The lowest BCUT2D eigenvalue weighted by molar-refractivity contribution is 0.0589.